The zero-order valence-electron chi connectivity index (χ0n) is 16.0. The molecule has 1 aliphatic heterocycles. The van der Waals surface area contributed by atoms with Gasteiger partial charge in [-0.15, -0.1) is 0 Å². The molecule has 0 radical (unpaired) electrons. The number of aromatic nitrogens is 1. The summed E-state index contributed by atoms with van der Waals surface area (Å²) in [6.45, 7) is 6.16. The molecule has 3 aromatic rings. The third kappa shape index (κ3) is 3.08. The van der Waals surface area contributed by atoms with Gasteiger partial charge >= 0.3 is 0 Å². The first-order valence-electron chi connectivity index (χ1n) is 9.05. The SMILES string of the molecule is Cc1ccccc1-n1c(C)cc(/C=C2\SC(=O)N(c3ccccc3)C2=O)c1C. The van der Waals surface area contributed by atoms with E-state index in [1.54, 1.807) is 12.1 Å². The maximum Gasteiger partial charge on any atom is 0.298 e. The van der Waals surface area contributed by atoms with Crippen LogP contribution in [0.2, 0.25) is 0 Å². The highest BCUT2D eigenvalue weighted by atomic mass is 32.2. The van der Waals surface area contributed by atoms with Gasteiger partial charge in [0.2, 0.25) is 0 Å². The molecule has 2 aromatic carbocycles. The molecule has 5 heteroatoms. The summed E-state index contributed by atoms with van der Waals surface area (Å²) in [6, 6.07) is 19.3. The van der Waals surface area contributed by atoms with Gasteiger partial charge in [-0.05, 0) is 74.0 Å². The Kier molecular flexibility index (Phi) is 4.69. The number of rotatable bonds is 3. The molecule has 1 aromatic heterocycles. The standard InChI is InChI=1S/C23H20N2O2S/c1-15-9-7-8-12-20(15)24-16(2)13-18(17(24)3)14-21-22(26)25(23(27)28-21)19-10-5-4-6-11-19/h4-14H,1-3H3/b21-14-. The van der Waals surface area contributed by atoms with Crippen molar-refractivity contribution in [3.8, 4) is 5.69 Å². The number of aryl methyl sites for hydroxylation is 2. The predicted octanol–water partition coefficient (Wildman–Crippen LogP) is 5.64. The average Bonchev–Trinajstić information content (AvgIpc) is 3.12. The van der Waals surface area contributed by atoms with Crippen LogP contribution in [0, 0.1) is 20.8 Å². The number of benzene rings is 2. The quantitative estimate of drug-likeness (QED) is 0.545. The molecule has 0 spiro atoms. The van der Waals surface area contributed by atoms with Crippen LogP contribution in [-0.2, 0) is 4.79 Å². The van der Waals surface area contributed by atoms with Crippen LogP contribution in [0.15, 0.2) is 65.6 Å². The van der Waals surface area contributed by atoms with Crippen LogP contribution in [0.5, 0.6) is 0 Å². The molecule has 0 bridgehead atoms. The first-order chi connectivity index (χ1) is 13.5. The Morgan fingerprint density at radius 1 is 0.893 bits per heavy atom. The number of anilines is 1. The second kappa shape index (κ2) is 7.17. The average molecular weight is 388 g/mol. The summed E-state index contributed by atoms with van der Waals surface area (Å²) in [5.41, 5.74) is 5.96. The van der Waals surface area contributed by atoms with Gasteiger partial charge in [-0.25, -0.2) is 4.90 Å². The van der Waals surface area contributed by atoms with Crippen LogP contribution in [0.4, 0.5) is 10.5 Å². The Balaban J connectivity index is 1.73. The number of thioether (sulfide) groups is 1. The Morgan fingerprint density at radius 2 is 1.57 bits per heavy atom. The van der Waals surface area contributed by atoms with Gasteiger partial charge in [-0.3, -0.25) is 9.59 Å². The van der Waals surface area contributed by atoms with Crippen molar-refractivity contribution in [2.75, 3.05) is 4.90 Å². The van der Waals surface area contributed by atoms with Crippen molar-refractivity contribution in [1.29, 1.82) is 0 Å². The van der Waals surface area contributed by atoms with Gasteiger partial charge < -0.3 is 4.57 Å². The molecule has 2 amide bonds. The van der Waals surface area contributed by atoms with Crippen molar-refractivity contribution in [3.63, 3.8) is 0 Å². The van der Waals surface area contributed by atoms with Gasteiger partial charge in [0.05, 0.1) is 10.6 Å². The molecule has 0 atom stereocenters. The second-order valence-corrected chi connectivity index (χ2v) is 7.79. The number of hydrogen-bond donors (Lipinski definition) is 0. The van der Waals surface area contributed by atoms with E-state index in [9.17, 15) is 9.59 Å². The summed E-state index contributed by atoms with van der Waals surface area (Å²) >= 11 is 0.984. The number of amides is 2. The van der Waals surface area contributed by atoms with E-state index in [1.165, 1.54) is 10.5 Å². The minimum atomic E-state index is -0.276. The molecule has 2 heterocycles. The van der Waals surface area contributed by atoms with Crippen molar-refractivity contribution in [1.82, 2.24) is 4.57 Å². The number of nitrogens with zero attached hydrogens (tertiary/aromatic N) is 2. The summed E-state index contributed by atoms with van der Waals surface area (Å²) in [6.07, 6.45) is 1.82. The summed E-state index contributed by atoms with van der Waals surface area (Å²) in [5.74, 6) is -0.276. The van der Waals surface area contributed by atoms with E-state index in [0.29, 0.717) is 10.6 Å². The molecule has 1 aliphatic rings. The van der Waals surface area contributed by atoms with E-state index in [2.05, 4.69) is 29.7 Å². The number of carbonyl (C=O) groups is 2. The molecule has 4 rings (SSSR count). The zero-order chi connectivity index (χ0) is 19.8. The van der Waals surface area contributed by atoms with E-state index in [4.69, 9.17) is 0 Å². The Hall–Kier alpha value is -3.05. The summed E-state index contributed by atoms with van der Waals surface area (Å²) in [5, 5.41) is -0.268. The zero-order valence-corrected chi connectivity index (χ0v) is 16.8. The van der Waals surface area contributed by atoms with Crippen LogP contribution in [-0.4, -0.2) is 15.7 Å². The summed E-state index contributed by atoms with van der Waals surface area (Å²) in [4.78, 5) is 27.0. The predicted molar refractivity (Wildman–Crippen MR) is 115 cm³/mol. The molecule has 0 aliphatic carbocycles. The highest BCUT2D eigenvalue weighted by Crippen LogP contribution is 2.36. The third-order valence-corrected chi connectivity index (χ3v) is 5.79. The first-order valence-corrected chi connectivity index (χ1v) is 9.87. The van der Waals surface area contributed by atoms with Crippen LogP contribution >= 0.6 is 11.8 Å². The lowest BCUT2D eigenvalue weighted by molar-refractivity contribution is -0.113. The lowest BCUT2D eigenvalue weighted by Crippen LogP contribution is -2.27. The molecule has 1 saturated heterocycles. The second-order valence-electron chi connectivity index (χ2n) is 6.80. The maximum absolute atomic E-state index is 12.9. The van der Waals surface area contributed by atoms with Crippen LogP contribution in [0.1, 0.15) is 22.5 Å². The van der Waals surface area contributed by atoms with Crippen LogP contribution in [0.25, 0.3) is 11.8 Å². The number of hydrogen-bond acceptors (Lipinski definition) is 3. The smallest absolute Gasteiger partial charge is 0.298 e. The van der Waals surface area contributed by atoms with E-state index in [-0.39, 0.29) is 11.1 Å². The van der Waals surface area contributed by atoms with Gasteiger partial charge in [0.15, 0.2) is 0 Å². The lowest BCUT2D eigenvalue weighted by Gasteiger charge is -2.12. The normalized spacial score (nSPS) is 15.7. The van der Waals surface area contributed by atoms with Crippen molar-refractivity contribution in [3.05, 3.63) is 88.1 Å². The highest BCUT2D eigenvalue weighted by molar-refractivity contribution is 8.19. The first kappa shape index (κ1) is 18.3. The molecule has 28 heavy (non-hydrogen) atoms. The molecule has 140 valence electrons. The van der Waals surface area contributed by atoms with E-state index in [0.717, 1.165) is 34.4 Å². The van der Waals surface area contributed by atoms with Crippen LogP contribution in [0.3, 0.4) is 0 Å². The minimum absolute atomic E-state index is 0.268. The van der Waals surface area contributed by atoms with Crippen LogP contribution < -0.4 is 4.90 Å². The van der Waals surface area contributed by atoms with Crippen molar-refractivity contribution < 1.29 is 9.59 Å². The molecule has 0 N–H and O–H groups in total. The lowest BCUT2D eigenvalue weighted by atomic mass is 10.2. The molecule has 4 nitrogen and oxygen atoms in total. The Labute approximate surface area is 168 Å². The van der Waals surface area contributed by atoms with Crippen molar-refractivity contribution in [2.45, 2.75) is 20.8 Å². The Bertz CT molecular complexity index is 1110. The molecule has 1 fully saturated rings. The number of carbonyl (C=O) groups excluding carboxylic acids is 2. The largest absolute Gasteiger partial charge is 0.318 e. The fourth-order valence-corrected chi connectivity index (χ4v) is 4.36. The van der Waals surface area contributed by atoms with Gasteiger partial charge in [-0.1, -0.05) is 36.4 Å². The van der Waals surface area contributed by atoms with E-state index in [1.807, 2.05) is 50.3 Å². The molecular weight excluding hydrogens is 368 g/mol. The van der Waals surface area contributed by atoms with E-state index >= 15 is 0 Å². The Morgan fingerprint density at radius 3 is 2.29 bits per heavy atom. The fourth-order valence-electron chi connectivity index (χ4n) is 3.53. The van der Waals surface area contributed by atoms with Gasteiger partial charge in [0, 0.05) is 17.1 Å². The topological polar surface area (TPSA) is 42.3 Å². The monoisotopic (exact) mass is 388 g/mol. The molecule has 0 saturated carbocycles. The maximum atomic E-state index is 12.9. The van der Waals surface area contributed by atoms with Crippen molar-refractivity contribution >= 4 is 34.7 Å². The fraction of sp³-hybridized carbons (Fsp3) is 0.130. The van der Waals surface area contributed by atoms with Gasteiger partial charge in [0.25, 0.3) is 11.1 Å². The third-order valence-electron chi connectivity index (χ3n) is 4.92. The summed E-state index contributed by atoms with van der Waals surface area (Å²) < 4.78 is 2.18. The van der Waals surface area contributed by atoms with E-state index < -0.39 is 0 Å². The van der Waals surface area contributed by atoms with Gasteiger partial charge in [-0.2, -0.15) is 0 Å². The van der Waals surface area contributed by atoms with Crippen molar-refractivity contribution in [2.24, 2.45) is 0 Å². The highest BCUT2D eigenvalue weighted by Gasteiger charge is 2.36. The number of para-hydroxylation sites is 2. The molecule has 0 unspecified atom stereocenters. The minimum Gasteiger partial charge on any atom is -0.318 e. The summed E-state index contributed by atoms with van der Waals surface area (Å²) in [7, 11) is 0. The van der Waals surface area contributed by atoms with Gasteiger partial charge in [0.1, 0.15) is 0 Å². The number of imide groups is 1. The molecular formula is C23H20N2O2S.